The highest BCUT2D eigenvalue weighted by molar-refractivity contribution is 7.98. The molecule has 3 aromatic heterocycles. The Kier molecular flexibility index (Phi) is 4.09. The minimum Gasteiger partial charge on any atom is -0.411 e. The average Bonchev–Trinajstić information content (AvgIpc) is 3.36. The van der Waals surface area contributed by atoms with Gasteiger partial charge in [0.1, 0.15) is 10.7 Å². The molecule has 0 aliphatic heterocycles. The van der Waals surface area contributed by atoms with Crippen LogP contribution in [0.1, 0.15) is 28.2 Å². The molecular formula is C19H16N4O2S2. The summed E-state index contributed by atoms with van der Waals surface area (Å²) in [5.74, 6) is 1.60. The predicted molar refractivity (Wildman–Crippen MR) is 106 cm³/mol. The molecule has 3 heterocycles. The maximum Gasteiger partial charge on any atom is 0.277 e. The molecule has 0 bridgehead atoms. The van der Waals surface area contributed by atoms with Gasteiger partial charge in [-0.05, 0) is 43.9 Å². The van der Waals surface area contributed by atoms with E-state index in [4.69, 9.17) is 4.42 Å². The number of aromatic amines is 1. The molecule has 1 aromatic carbocycles. The minimum absolute atomic E-state index is 0.0409. The number of thioether (sulfide) groups is 1. The Balaban J connectivity index is 1.36. The molecule has 8 heteroatoms. The number of nitrogens with one attached hydrogen (secondary N) is 1. The Morgan fingerprint density at radius 1 is 1.22 bits per heavy atom. The van der Waals surface area contributed by atoms with Gasteiger partial charge in [0.25, 0.3) is 10.8 Å². The SMILES string of the molecule is Cc1ccc(-c2nnc(SCc3nc4sc5c(c4c(=O)[nH]3)CCC5)o2)cc1. The van der Waals surface area contributed by atoms with Crippen LogP contribution in [-0.4, -0.2) is 20.2 Å². The summed E-state index contributed by atoms with van der Waals surface area (Å²) in [7, 11) is 0. The van der Waals surface area contributed by atoms with Gasteiger partial charge in [0.15, 0.2) is 0 Å². The molecule has 5 rings (SSSR count). The Labute approximate surface area is 163 Å². The smallest absolute Gasteiger partial charge is 0.277 e. The topological polar surface area (TPSA) is 84.7 Å². The summed E-state index contributed by atoms with van der Waals surface area (Å²) >= 11 is 3.02. The Bertz CT molecular complexity index is 1190. The first kappa shape index (κ1) is 16.7. The first-order chi connectivity index (χ1) is 13.2. The molecule has 27 heavy (non-hydrogen) atoms. The summed E-state index contributed by atoms with van der Waals surface area (Å²) < 4.78 is 5.72. The normalized spacial score (nSPS) is 13.4. The Morgan fingerprint density at radius 3 is 2.93 bits per heavy atom. The van der Waals surface area contributed by atoms with Crippen LogP contribution in [0, 0.1) is 6.92 Å². The maximum absolute atomic E-state index is 12.5. The van der Waals surface area contributed by atoms with E-state index in [2.05, 4.69) is 20.2 Å². The highest BCUT2D eigenvalue weighted by Crippen LogP contribution is 2.34. The van der Waals surface area contributed by atoms with E-state index in [0.717, 1.165) is 35.0 Å². The molecule has 0 atom stereocenters. The van der Waals surface area contributed by atoms with Crippen LogP contribution >= 0.6 is 23.1 Å². The molecule has 6 nitrogen and oxygen atoms in total. The summed E-state index contributed by atoms with van der Waals surface area (Å²) in [6, 6.07) is 7.93. The van der Waals surface area contributed by atoms with Crippen molar-refractivity contribution < 1.29 is 4.42 Å². The van der Waals surface area contributed by atoms with Gasteiger partial charge in [-0.15, -0.1) is 21.5 Å². The predicted octanol–water partition coefficient (Wildman–Crippen LogP) is 4.12. The number of aryl methyl sites for hydroxylation is 3. The van der Waals surface area contributed by atoms with Crippen molar-refractivity contribution in [3.63, 3.8) is 0 Å². The highest BCUT2D eigenvalue weighted by atomic mass is 32.2. The van der Waals surface area contributed by atoms with Crippen molar-refractivity contribution in [2.24, 2.45) is 0 Å². The van der Waals surface area contributed by atoms with E-state index in [-0.39, 0.29) is 5.56 Å². The molecule has 0 saturated carbocycles. The largest absolute Gasteiger partial charge is 0.411 e. The fourth-order valence-corrected chi connectivity index (χ4v) is 5.24. The summed E-state index contributed by atoms with van der Waals surface area (Å²) in [4.78, 5) is 22.2. The molecule has 0 saturated heterocycles. The highest BCUT2D eigenvalue weighted by Gasteiger charge is 2.21. The summed E-state index contributed by atoms with van der Waals surface area (Å²) in [5, 5.41) is 9.42. The van der Waals surface area contributed by atoms with Crippen LogP contribution in [0.2, 0.25) is 0 Å². The second-order valence-corrected chi connectivity index (χ2v) is 8.59. The summed E-state index contributed by atoms with van der Waals surface area (Å²) in [6.45, 7) is 2.03. The molecule has 1 aliphatic rings. The number of benzene rings is 1. The molecule has 0 amide bonds. The van der Waals surface area contributed by atoms with Crippen molar-refractivity contribution in [2.45, 2.75) is 37.2 Å². The van der Waals surface area contributed by atoms with Crippen LogP contribution in [0.25, 0.3) is 21.7 Å². The number of rotatable bonds is 4. The molecule has 4 aromatic rings. The zero-order valence-electron chi connectivity index (χ0n) is 14.6. The molecule has 0 unspecified atom stereocenters. The first-order valence-corrected chi connectivity index (χ1v) is 10.5. The number of aromatic nitrogens is 4. The number of hydrogen-bond acceptors (Lipinski definition) is 7. The lowest BCUT2D eigenvalue weighted by molar-refractivity contribution is 0.465. The third-order valence-corrected chi connectivity index (χ3v) is 6.68. The molecule has 136 valence electrons. The van der Waals surface area contributed by atoms with Gasteiger partial charge in [-0.25, -0.2) is 4.98 Å². The zero-order valence-corrected chi connectivity index (χ0v) is 16.2. The standard InChI is InChI=1S/C19H16N4O2S2/c1-10-5-7-11(8-6-10)17-22-23-19(25-17)26-9-14-20-16(24)15-12-3-2-4-13(12)27-18(15)21-14/h5-8H,2-4,9H2,1H3,(H,20,21,24). The second kappa shape index (κ2) is 6.61. The first-order valence-electron chi connectivity index (χ1n) is 8.74. The van der Waals surface area contributed by atoms with Crippen LogP contribution in [-0.2, 0) is 18.6 Å². The monoisotopic (exact) mass is 396 g/mol. The van der Waals surface area contributed by atoms with E-state index in [1.165, 1.54) is 27.8 Å². The van der Waals surface area contributed by atoms with Gasteiger partial charge < -0.3 is 9.40 Å². The number of hydrogen-bond donors (Lipinski definition) is 1. The summed E-state index contributed by atoms with van der Waals surface area (Å²) in [6.07, 6.45) is 3.18. The lowest BCUT2D eigenvalue weighted by Crippen LogP contribution is -2.11. The van der Waals surface area contributed by atoms with Gasteiger partial charge in [-0.1, -0.05) is 29.5 Å². The van der Waals surface area contributed by atoms with Crippen molar-refractivity contribution in [3.8, 4) is 11.5 Å². The third kappa shape index (κ3) is 3.08. The van der Waals surface area contributed by atoms with Gasteiger partial charge in [0, 0.05) is 10.4 Å². The number of H-pyrrole nitrogens is 1. The molecule has 0 spiro atoms. The van der Waals surface area contributed by atoms with Gasteiger partial charge >= 0.3 is 0 Å². The van der Waals surface area contributed by atoms with Gasteiger partial charge in [0.05, 0.1) is 11.1 Å². The number of fused-ring (bicyclic) bond motifs is 3. The Hall–Kier alpha value is -2.45. The quantitative estimate of drug-likeness (QED) is 0.522. The van der Waals surface area contributed by atoms with E-state index in [1.54, 1.807) is 11.3 Å². The number of thiophene rings is 1. The van der Waals surface area contributed by atoms with Crippen LogP contribution in [0.15, 0.2) is 38.7 Å². The lowest BCUT2D eigenvalue weighted by atomic mass is 10.1. The molecule has 0 fully saturated rings. The lowest BCUT2D eigenvalue weighted by Gasteiger charge is -1.99. The molecule has 0 radical (unpaired) electrons. The second-order valence-electron chi connectivity index (χ2n) is 6.58. The fraction of sp³-hybridized carbons (Fsp3) is 0.263. The zero-order chi connectivity index (χ0) is 18.4. The van der Waals surface area contributed by atoms with Crippen LogP contribution < -0.4 is 5.56 Å². The van der Waals surface area contributed by atoms with Crippen molar-refractivity contribution in [1.82, 2.24) is 20.2 Å². The van der Waals surface area contributed by atoms with Crippen molar-refractivity contribution in [1.29, 1.82) is 0 Å². The van der Waals surface area contributed by atoms with Gasteiger partial charge in [-0.3, -0.25) is 4.79 Å². The fourth-order valence-electron chi connectivity index (χ4n) is 3.33. The van der Waals surface area contributed by atoms with E-state index < -0.39 is 0 Å². The maximum atomic E-state index is 12.5. The van der Waals surface area contributed by atoms with E-state index >= 15 is 0 Å². The number of nitrogens with zero attached hydrogens (tertiary/aromatic N) is 3. The van der Waals surface area contributed by atoms with E-state index in [0.29, 0.717) is 22.7 Å². The van der Waals surface area contributed by atoms with Crippen molar-refractivity contribution in [2.75, 3.05) is 0 Å². The van der Waals surface area contributed by atoms with Gasteiger partial charge in [0.2, 0.25) is 5.89 Å². The molecule has 1 N–H and O–H groups in total. The average molecular weight is 396 g/mol. The summed E-state index contributed by atoms with van der Waals surface area (Å²) in [5.41, 5.74) is 3.22. The van der Waals surface area contributed by atoms with Crippen LogP contribution in [0.4, 0.5) is 0 Å². The van der Waals surface area contributed by atoms with Crippen LogP contribution in [0.3, 0.4) is 0 Å². The van der Waals surface area contributed by atoms with Crippen LogP contribution in [0.5, 0.6) is 0 Å². The van der Waals surface area contributed by atoms with Crippen molar-refractivity contribution in [3.05, 3.63) is 56.4 Å². The van der Waals surface area contributed by atoms with E-state index in [9.17, 15) is 4.79 Å². The minimum atomic E-state index is -0.0409. The molecule has 1 aliphatic carbocycles. The Morgan fingerprint density at radius 2 is 2.07 bits per heavy atom. The van der Waals surface area contributed by atoms with Gasteiger partial charge in [-0.2, -0.15) is 0 Å². The van der Waals surface area contributed by atoms with E-state index in [1.807, 2.05) is 31.2 Å². The van der Waals surface area contributed by atoms with Crippen molar-refractivity contribution >= 4 is 33.3 Å². The third-order valence-electron chi connectivity index (χ3n) is 4.66. The molecular weight excluding hydrogens is 380 g/mol.